The molecule has 0 aliphatic carbocycles. The van der Waals surface area contributed by atoms with Crippen molar-refractivity contribution in [2.75, 3.05) is 25.1 Å². The fraction of sp³-hybridized carbons (Fsp3) is 0.316. The van der Waals surface area contributed by atoms with Gasteiger partial charge in [-0.15, -0.1) is 0 Å². The lowest BCUT2D eigenvalue weighted by molar-refractivity contribution is -0.128. The predicted octanol–water partition coefficient (Wildman–Crippen LogP) is 1.84. The Kier molecular flexibility index (Phi) is 4.43. The topological polar surface area (TPSA) is 80.8 Å². The fourth-order valence-electron chi connectivity index (χ4n) is 3.17. The van der Waals surface area contributed by atoms with Crippen molar-refractivity contribution >= 4 is 17.5 Å². The summed E-state index contributed by atoms with van der Waals surface area (Å²) in [5.41, 5.74) is 1.64. The molecule has 0 saturated carbocycles. The number of nitrogens with one attached hydrogen (secondary N) is 1. The number of hydrogen-bond acceptors (Lipinski definition) is 5. The summed E-state index contributed by atoms with van der Waals surface area (Å²) in [5.74, 6) is 0.763. The number of fused-ring (bicyclic) bond motifs is 1. The average Bonchev–Trinajstić information content (AvgIpc) is 3.03. The molecule has 7 heteroatoms. The van der Waals surface area contributed by atoms with E-state index in [1.165, 1.54) is 0 Å². The zero-order valence-corrected chi connectivity index (χ0v) is 14.2. The molecular weight excluding hydrogens is 334 g/mol. The van der Waals surface area contributed by atoms with E-state index in [9.17, 15) is 9.59 Å². The molecule has 26 heavy (non-hydrogen) atoms. The van der Waals surface area contributed by atoms with E-state index >= 15 is 0 Å². The first-order valence-electron chi connectivity index (χ1n) is 8.56. The highest BCUT2D eigenvalue weighted by atomic mass is 16.6. The van der Waals surface area contributed by atoms with Gasteiger partial charge in [0.1, 0.15) is 13.2 Å². The molecule has 134 valence electrons. The van der Waals surface area contributed by atoms with E-state index in [1.807, 2.05) is 12.1 Å². The van der Waals surface area contributed by atoms with Crippen LogP contribution in [-0.2, 0) is 16.1 Å². The lowest BCUT2D eigenvalue weighted by Crippen LogP contribution is -2.28. The van der Waals surface area contributed by atoms with E-state index < -0.39 is 0 Å². The highest BCUT2D eigenvalue weighted by Gasteiger charge is 2.34. The molecule has 1 aromatic carbocycles. The largest absolute Gasteiger partial charge is 0.486 e. The van der Waals surface area contributed by atoms with E-state index in [0.717, 1.165) is 5.56 Å². The Balaban J connectivity index is 1.39. The molecule has 0 radical (unpaired) electrons. The van der Waals surface area contributed by atoms with Gasteiger partial charge in [0.25, 0.3) is 0 Å². The summed E-state index contributed by atoms with van der Waals surface area (Å²) in [6.07, 6.45) is 3.62. The van der Waals surface area contributed by atoms with Crippen molar-refractivity contribution < 1.29 is 19.1 Å². The van der Waals surface area contributed by atoms with Crippen molar-refractivity contribution in [1.29, 1.82) is 0 Å². The molecule has 1 N–H and O–H groups in total. The summed E-state index contributed by atoms with van der Waals surface area (Å²) in [6, 6.07) is 9.04. The third kappa shape index (κ3) is 3.46. The number of ether oxygens (including phenoxy) is 2. The number of rotatable bonds is 4. The molecule has 7 nitrogen and oxygen atoms in total. The van der Waals surface area contributed by atoms with Crippen molar-refractivity contribution in [3.8, 4) is 11.5 Å². The summed E-state index contributed by atoms with van der Waals surface area (Å²) in [7, 11) is 0. The van der Waals surface area contributed by atoms with E-state index in [0.29, 0.717) is 43.5 Å². The summed E-state index contributed by atoms with van der Waals surface area (Å²) in [4.78, 5) is 30.5. The van der Waals surface area contributed by atoms with Crippen LogP contribution in [0.3, 0.4) is 0 Å². The molecule has 2 aliphatic rings. The molecule has 2 aromatic rings. The Labute approximate surface area is 150 Å². The molecule has 0 spiro atoms. The van der Waals surface area contributed by atoms with E-state index in [-0.39, 0.29) is 24.2 Å². The smallest absolute Gasteiger partial charge is 0.229 e. The van der Waals surface area contributed by atoms with E-state index in [1.54, 1.807) is 35.5 Å². The number of pyridine rings is 1. The van der Waals surface area contributed by atoms with E-state index in [2.05, 4.69) is 10.3 Å². The second kappa shape index (κ2) is 7.03. The van der Waals surface area contributed by atoms with Gasteiger partial charge in [-0.05, 0) is 29.8 Å². The first kappa shape index (κ1) is 16.4. The highest BCUT2D eigenvalue weighted by Crippen LogP contribution is 2.33. The number of amides is 2. The molecular formula is C19H19N3O4. The van der Waals surface area contributed by atoms with Crippen LogP contribution in [0.5, 0.6) is 11.5 Å². The minimum Gasteiger partial charge on any atom is -0.486 e. The molecule has 4 rings (SSSR count). The summed E-state index contributed by atoms with van der Waals surface area (Å²) in [5, 5.41) is 2.88. The molecule has 1 fully saturated rings. The van der Waals surface area contributed by atoms with Crippen LogP contribution in [0, 0.1) is 5.92 Å². The molecule has 2 amide bonds. The maximum Gasteiger partial charge on any atom is 0.229 e. The molecule has 3 heterocycles. The Morgan fingerprint density at radius 3 is 2.73 bits per heavy atom. The number of benzene rings is 1. The molecule has 2 aliphatic heterocycles. The Morgan fingerprint density at radius 2 is 1.92 bits per heavy atom. The lowest BCUT2D eigenvalue weighted by Gasteiger charge is -2.19. The molecule has 1 saturated heterocycles. The quantitative estimate of drug-likeness (QED) is 0.907. The zero-order valence-electron chi connectivity index (χ0n) is 14.2. The minimum absolute atomic E-state index is 0.0101. The molecule has 1 atom stereocenters. The second-order valence-electron chi connectivity index (χ2n) is 6.38. The summed E-state index contributed by atoms with van der Waals surface area (Å²) >= 11 is 0. The van der Waals surface area contributed by atoms with E-state index in [4.69, 9.17) is 9.47 Å². The maximum atomic E-state index is 12.6. The third-order valence-electron chi connectivity index (χ3n) is 4.52. The van der Waals surface area contributed by atoms with Crippen LogP contribution in [0.2, 0.25) is 0 Å². The van der Waals surface area contributed by atoms with Crippen LogP contribution >= 0.6 is 0 Å². The summed E-state index contributed by atoms with van der Waals surface area (Å²) in [6.45, 7) is 1.92. The summed E-state index contributed by atoms with van der Waals surface area (Å²) < 4.78 is 11.0. The van der Waals surface area contributed by atoms with Crippen LogP contribution < -0.4 is 14.8 Å². The molecule has 0 bridgehead atoms. The van der Waals surface area contributed by atoms with Gasteiger partial charge >= 0.3 is 0 Å². The van der Waals surface area contributed by atoms with Gasteiger partial charge in [0, 0.05) is 43.7 Å². The van der Waals surface area contributed by atoms with Crippen molar-refractivity contribution in [2.45, 2.75) is 13.0 Å². The van der Waals surface area contributed by atoms with Gasteiger partial charge in [0.05, 0.1) is 5.92 Å². The van der Waals surface area contributed by atoms with Crippen molar-refractivity contribution in [3.05, 3.63) is 48.3 Å². The predicted molar refractivity (Wildman–Crippen MR) is 93.8 cm³/mol. The number of nitrogens with zero attached hydrogens (tertiary/aromatic N) is 2. The van der Waals surface area contributed by atoms with Crippen molar-refractivity contribution in [1.82, 2.24) is 9.88 Å². The Bertz CT molecular complexity index is 825. The van der Waals surface area contributed by atoms with Gasteiger partial charge in [-0.2, -0.15) is 0 Å². The molecule has 1 unspecified atom stereocenters. The van der Waals surface area contributed by atoms with Gasteiger partial charge in [-0.25, -0.2) is 0 Å². The Hall–Kier alpha value is -3.09. The first-order valence-corrected chi connectivity index (χ1v) is 8.56. The van der Waals surface area contributed by atoms with Crippen LogP contribution in [0.25, 0.3) is 0 Å². The zero-order chi connectivity index (χ0) is 17.9. The number of likely N-dealkylation sites (tertiary alicyclic amines) is 1. The van der Waals surface area contributed by atoms with Gasteiger partial charge in [-0.1, -0.05) is 0 Å². The number of carbonyl (C=O) groups excluding carboxylic acids is 2. The average molecular weight is 353 g/mol. The standard InChI is InChI=1S/C19H19N3O4/c23-18-9-14(12-22(18)11-13-3-5-20-6-4-13)19(24)21-15-1-2-16-17(10-15)26-8-7-25-16/h1-6,10,14H,7-9,11-12H2,(H,21,24). The van der Waals surface area contributed by atoms with Gasteiger partial charge in [0.2, 0.25) is 11.8 Å². The minimum atomic E-state index is -0.363. The number of anilines is 1. The number of aromatic nitrogens is 1. The van der Waals surface area contributed by atoms with Gasteiger partial charge in [-0.3, -0.25) is 14.6 Å². The second-order valence-corrected chi connectivity index (χ2v) is 6.38. The lowest BCUT2D eigenvalue weighted by atomic mass is 10.1. The third-order valence-corrected chi connectivity index (χ3v) is 4.52. The van der Waals surface area contributed by atoms with Crippen molar-refractivity contribution in [2.24, 2.45) is 5.92 Å². The van der Waals surface area contributed by atoms with Crippen molar-refractivity contribution in [3.63, 3.8) is 0 Å². The normalized spacial score (nSPS) is 18.7. The van der Waals surface area contributed by atoms with Crippen LogP contribution in [0.1, 0.15) is 12.0 Å². The first-order chi connectivity index (χ1) is 12.7. The van der Waals surface area contributed by atoms with Crippen LogP contribution in [0.4, 0.5) is 5.69 Å². The van der Waals surface area contributed by atoms with Gasteiger partial charge in [0.15, 0.2) is 11.5 Å². The molecule has 1 aromatic heterocycles. The van der Waals surface area contributed by atoms with Crippen LogP contribution in [-0.4, -0.2) is 41.5 Å². The highest BCUT2D eigenvalue weighted by molar-refractivity contribution is 5.97. The Morgan fingerprint density at radius 1 is 1.15 bits per heavy atom. The SMILES string of the molecule is O=C(Nc1ccc2c(c1)OCCO2)C1CC(=O)N(Cc2ccncc2)C1. The van der Waals surface area contributed by atoms with Crippen LogP contribution in [0.15, 0.2) is 42.7 Å². The van der Waals surface area contributed by atoms with Gasteiger partial charge < -0.3 is 19.7 Å². The monoisotopic (exact) mass is 353 g/mol. The fourth-order valence-corrected chi connectivity index (χ4v) is 3.17. The number of hydrogen-bond donors (Lipinski definition) is 1. The maximum absolute atomic E-state index is 12.6. The number of carbonyl (C=O) groups is 2.